The minimum absolute atomic E-state index is 0.611. The van der Waals surface area contributed by atoms with Crippen LogP contribution < -0.4 is 15.2 Å². The third-order valence-electron chi connectivity index (χ3n) is 5.12. The average Bonchev–Trinajstić information content (AvgIpc) is 3.08. The Morgan fingerprint density at radius 1 is 0.929 bits per heavy atom. The first-order valence-corrected chi connectivity index (χ1v) is 10.5. The molecule has 0 amide bonds. The van der Waals surface area contributed by atoms with Gasteiger partial charge in [-0.3, -0.25) is 0 Å². The normalized spacial score (nSPS) is 11.1. The van der Waals surface area contributed by atoms with Crippen LogP contribution in [-0.4, -0.2) is 24.7 Å². The molecule has 3 N–H and O–H groups in total. The van der Waals surface area contributed by atoms with Crippen LogP contribution in [0.3, 0.4) is 0 Å². The van der Waals surface area contributed by atoms with Gasteiger partial charge in [-0.05, 0) is 75.4 Å². The predicted molar refractivity (Wildman–Crippen MR) is 117 cm³/mol. The quantitative estimate of drug-likeness (QED) is 0.458. The maximum absolute atomic E-state index is 5.85. The molecular formula is C24H32N2O2. The molecule has 1 heterocycles. The summed E-state index contributed by atoms with van der Waals surface area (Å²) in [6.45, 7) is 8.15. The Hall–Kier alpha value is -2.46. The molecule has 3 aromatic rings. The fourth-order valence-corrected chi connectivity index (χ4v) is 3.79. The van der Waals surface area contributed by atoms with Gasteiger partial charge >= 0.3 is 0 Å². The summed E-state index contributed by atoms with van der Waals surface area (Å²) in [5, 5.41) is 1.32. The lowest BCUT2D eigenvalue weighted by Crippen LogP contribution is -2.00. The summed E-state index contributed by atoms with van der Waals surface area (Å²) >= 11 is 0. The summed E-state index contributed by atoms with van der Waals surface area (Å²) in [6, 6.07) is 12.8. The Labute approximate surface area is 168 Å². The van der Waals surface area contributed by atoms with E-state index >= 15 is 0 Å². The van der Waals surface area contributed by atoms with Crippen molar-refractivity contribution in [2.24, 2.45) is 5.73 Å². The zero-order chi connectivity index (χ0) is 19.9. The lowest BCUT2D eigenvalue weighted by atomic mass is 9.99. The van der Waals surface area contributed by atoms with Crippen molar-refractivity contribution < 1.29 is 9.47 Å². The van der Waals surface area contributed by atoms with Gasteiger partial charge in [-0.2, -0.15) is 0 Å². The Bertz CT molecular complexity index is 914. The maximum Gasteiger partial charge on any atom is 0.161 e. The molecule has 28 heavy (non-hydrogen) atoms. The van der Waals surface area contributed by atoms with Crippen LogP contribution in [0.5, 0.6) is 11.5 Å². The fourth-order valence-electron chi connectivity index (χ4n) is 3.79. The molecule has 4 heteroatoms. The summed E-state index contributed by atoms with van der Waals surface area (Å²) in [7, 11) is 0. The van der Waals surface area contributed by atoms with Crippen LogP contribution in [0.2, 0.25) is 0 Å². The van der Waals surface area contributed by atoms with E-state index in [-0.39, 0.29) is 0 Å². The van der Waals surface area contributed by atoms with Gasteiger partial charge in [-0.25, -0.2) is 0 Å². The molecule has 0 saturated carbocycles. The van der Waals surface area contributed by atoms with Gasteiger partial charge in [0.15, 0.2) is 11.5 Å². The van der Waals surface area contributed by atoms with Gasteiger partial charge in [0.2, 0.25) is 0 Å². The second kappa shape index (κ2) is 9.65. The molecule has 150 valence electrons. The van der Waals surface area contributed by atoms with E-state index < -0.39 is 0 Å². The van der Waals surface area contributed by atoms with Crippen molar-refractivity contribution in [2.75, 3.05) is 19.8 Å². The minimum atomic E-state index is 0.611. The Kier molecular flexibility index (Phi) is 6.99. The van der Waals surface area contributed by atoms with Crippen LogP contribution in [0.4, 0.5) is 0 Å². The maximum atomic E-state index is 5.85. The number of aromatic nitrogens is 1. The van der Waals surface area contributed by atoms with Crippen molar-refractivity contribution in [3.63, 3.8) is 0 Å². The van der Waals surface area contributed by atoms with E-state index in [1.54, 1.807) is 0 Å². The highest BCUT2D eigenvalue weighted by Gasteiger charge is 2.16. The summed E-state index contributed by atoms with van der Waals surface area (Å²) in [5.41, 5.74) is 12.0. The zero-order valence-electron chi connectivity index (χ0n) is 17.3. The van der Waals surface area contributed by atoms with E-state index in [0.29, 0.717) is 13.2 Å². The molecule has 2 aromatic carbocycles. The Morgan fingerprint density at radius 2 is 1.71 bits per heavy atom. The molecule has 0 aliphatic rings. The number of para-hydroxylation sites is 1. The molecule has 0 fully saturated rings. The highest BCUT2D eigenvalue weighted by Crippen LogP contribution is 2.37. The molecule has 3 rings (SSSR count). The number of aromatic amines is 1. The monoisotopic (exact) mass is 380 g/mol. The van der Waals surface area contributed by atoms with Crippen LogP contribution in [0.25, 0.3) is 22.2 Å². The number of hydrogen-bond acceptors (Lipinski definition) is 3. The van der Waals surface area contributed by atoms with Gasteiger partial charge in [0, 0.05) is 22.2 Å². The molecule has 0 unspecified atom stereocenters. The highest BCUT2D eigenvalue weighted by molar-refractivity contribution is 5.93. The third kappa shape index (κ3) is 4.17. The minimum Gasteiger partial charge on any atom is -0.490 e. The molecule has 0 atom stereocenters. The first-order chi connectivity index (χ1) is 13.7. The van der Waals surface area contributed by atoms with E-state index in [4.69, 9.17) is 15.2 Å². The Balaban J connectivity index is 2.12. The SMILES string of the molecule is CCOc1ccc(-c2[nH]c3c(CC)cccc3c2CCCCN)cc1OCC. The summed E-state index contributed by atoms with van der Waals surface area (Å²) in [5.74, 6) is 1.59. The fraction of sp³-hybridized carbons (Fsp3) is 0.417. The number of H-pyrrole nitrogens is 1. The summed E-state index contributed by atoms with van der Waals surface area (Å²) in [6.07, 6.45) is 4.14. The molecule has 0 aliphatic heterocycles. The third-order valence-corrected chi connectivity index (χ3v) is 5.12. The van der Waals surface area contributed by atoms with Gasteiger partial charge in [0.25, 0.3) is 0 Å². The molecule has 0 radical (unpaired) electrons. The number of aryl methyl sites for hydroxylation is 2. The lowest BCUT2D eigenvalue weighted by molar-refractivity contribution is 0.288. The van der Waals surface area contributed by atoms with Crippen LogP contribution in [0.15, 0.2) is 36.4 Å². The second-order valence-corrected chi connectivity index (χ2v) is 6.95. The number of fused-ring (bicyclic) bond motifs is 1. The topological polar surface area (TPSA) is 60.3 Å². The smallest absolute Gasteiger partial charge is 0.161 e. The lowest BCUT2D eigenvalue weighted by Gasteiger charge is -2.13. The van der Waals surface area contributed by atoms with E-state index in [9.17, 15) is 0 Å². The Morgan fingerprint density at radius 3 is 2.43 bits per heavy atom. The van der Waals surface area contributed by atoms with E-state index in [1.165, 1.54) is 27.7 Å². The van der Waals surface area contributed by atoms with E-state index in [1.807, 2.05) is 19.9 Å². The van der Waals surface area contributed by atoms with Gasteiger partial charge in [0.1, 0.15) is 0 Å². The molecule has 4 nitrogen and oxygen atoms in total. The molecule has 0 spiro atoms. The number of rotatable bonds is 10. The number of ether oxygens (including phenoxy) is 2. The second-order valence-electron chi connectivity index (χ2n) is 6.95. The molecule has 0 saturated heterocycles. The van der Waals surface area contributed by atoms with Crippen LogP contribution >= 0.6 is 0 Å². The molecule has 1 aromatic heterocycles. The van der Waals surface area contributed by atoms with E-state index in [0.717, 1.165) is 49.3 Å². The van der Waals surface area contributed by atoms with Crippen LogP contribution in [0.1, 0.15) is 44.7 Å². The standard InChI is InChI=1S/C24H32N2O2/c1-4-17-10-9-12-20-19(11-7-8-15-25)24(26-23(17)20)18-13-14-21(27-5-2)22(16-18)28-6-3/h9-10,12-14,16,26H,4-8,11,15,25H2,1-3H3. The van der Waals surface area contributed by atoms with Gasteiger partial charge in [0.05, 0.1) is 13.2 Å². The van der Waals surface area contributed by atoms with Crippen molar-refractivity contribution in [3.05, 3.63) is 47.5 Å². The van der Waals surface area contributed by atoms with Gasteiger partial charge < -0.3 is 20.2 Å². The van der Waals surface area contributed by atoms with Crippen molar-refractivity contribution in [1.82, 2.24) is 4.98 Å². The average molecular weight is 381 g/mol. The van der Waals surface area contributed by atoms with Crippen LogP contribution in [-0.2, 0) is 12.8 Å². The highest BCUT2D eigenvalue weighted by atomic mass is 16.5. The van der Waals surface area contributed by atoms with Crippen molar-refractivity contribution in [1.29, 1.82) is 0 Å². The number of nitrogens with two attached hydrogens (primary N) is 1. The van der Waals surface area contributed by atoms with Gasteiger partial charge in [-0.1, -0.05) is 25.1 Å². The first-order valence-electron chi connectivity index (χ1n) is 10.5. The predicted octanol–water partition coefficient (Wildman–Crippen LogP) is 5.48. The summed E-state index contributed by atoms with van der Waals surface area (Å²) in [4.78, 5) is 3.72. The molecular weight excluding hydrogens is 348 g/mol. The molecule has 0 bridgehead atoms. The van der Waals surface area contributed by atoms with Gasteiger partial charge in [-0.15, -0.1) is 0 Å². The summed E-state index contributed by atoms with van der Waals surface area (Å²) < 4.78 is 11.6. The van der Waals surface area contributed by atoms with Crippen molar-refractivity contribution in [3.8, 4) is 22.8 Å². The van der Waals surface area contributed by atoms with Crippen molar-refractivity contribution >= 4 is 10.9 Å². The zero-order valence-corrected chi connectivity index (χ0v) is 17.3. The van der Waals surface area contributed by atoms with E-state index in [2.05, 4.69) is 42.2 Å². The van der Waals surface area contributed by atoms with Crippen molar-refractivity contribution in [2.45, 2.75) is 46.5 Å². The number of nitrogens with one attached hydrogen (secondary N) is 1. The number of benzene rings is 2. The number of hydrogen-bond donors (Lipinski definition) is 2. The van der Waals surface area contributed by atoms with Crippen LogP contribution in [0, 0.1) is 0 Å². The first kappa shape index (κ1) is 20.3. The largest absolute Gasteiger partial charge is 0.490 e. The molecule has 0 aliphatic carbocycles. The number of unbranched alkanes of at least 4 members (excludes halogenated alkanes) is 1.